The van der Waals surface area contributed by atoms with E-state index in [0.29, 0.717) is 5.16 Å². The van der Waals surface area contributed by atoms with Gasteiger partial charge in [0.05, 0.1) is 6.04 Å². The smallest absolute Gasteiger partial charge is 0.240 e. The first kappa shape index (κ1) is 17.6. The molecule has 0 aliphatic carbocycles. The van der Waals surface area contributed by atoms with Crippen LogP contribution in [0.4, 0.5) is 5.69 Å². The number of anilines is 1. The molecule has 0 bridgehead atoms. The van der Waals surface area contributed by atoms with Gasteiger partial charge in [-0.05, 0) is 24.6 Å². The first-order valence-electron chi connectivity index (χ1n) is 8.95. The Morgan fingerprint density at radius 2 is 1.89 bits per heavy atom. The van der Waals surface area contributed by atoms with E-state index in [-0.39, 0.29) is 17.2 Å². The van der Waals surface area contributed by atoms with Gasteiger partial charge in [-0.2, -0.15) is 0 Å². The van der Waals surface area contributed by atoms with Crippen molar-refractivity contribution < 1.29 is 4.79 Å². The van der Waals surface area contributed by atoms with Gasteiger partial charge in [-0.3, -0.25) is 4.79 Å². The highest BCUT2D eigenvalue weighted by Gasteiger charge is 2.37. The van der Waals surface area contributed by atoms with Gasteiger partial charge in [0.1, 0.15) is 5.25 Å². The van der Waals surface area contributed by atoms with E-state index >= 15 is 0 Å². The molecule has 2 N–H and O–H groups in total. The Hall–Kier alpha value is -2.80. The highest BCUT2D eigenvalue weighted by atomic mass is 32.2. The number of nitrogens with one attached hydrogen (secondary N) is 2. The topological polar surface area (TPSA) is 71.8 Å². The largest absolute Gasteiger partial charge is 0.325 e. The first-order valence-corrected chi connectivity index (χ1v) is 9.83. The molecule has 1 aromatic heterocycles. The maximum atomic E-state index is 13.1. The highest BCUT2D eigenvalue weighted by molar-refractivity contribution is 8.00. The number of hydrogen-bond donors (Lipinski definition) is 2. The van der Waals surface area contributed by atoms with Crippen molar-refractivity contribution in [1.82, 2.24) is 14.9 Å². The van der Waals surface area contributed by atoms with Crippen molar-refractivity contribution in [3.05, 3.63) is 71.5 Å². The highest BCUT2D eigenvalue weighted by Crippen LogP contribution is 2.37. The lowest BCUT2D eigenvalue weighted by molar-refractivity contribution is -0.116. The molecule has 2 heterocycles. The summed E-state index contributed by atoms with van der Waals surface area (Å²) >= 11 is 1.44. The Labute approximate surface area is 162 Å². The minimum Gasteiger partial charge on any atom is -0.325 e. The average molecular weight is 379 g/mol. The molecule has 7 heteroatoms. The summed E-state index contributed by atoms with van der Waals surface area (Å²) < 4.78 is 1.90. The fourth-order valence-corrected chi connectivity index (χ4v) is 4.19. The summed E-state index contributed by atoms with van der Waals surface area (Å²) in [4.78, 5) is 13.1. The summed E-state index contributed by atoms with van der Waals surface area (Å²) in [6.07, 6.45) is 0.766. The minimum atomic E-state index is -0.366. The van der Waals surface area contributed by atoms with Gasteiger partial charge in [-0.1, -0.05) is 66.7 Å². The van der Waals surface area contributed by atoms with Crippen molar-refractivity contribution in [3.8, 4) is 0 Å². The van der Waals surface area contributed by atoms with Crippen LogP contribution in [0.3, 0.4) is 0 Å². The van der Waals surface area contributed by atoms with Gasteiger partial charge >= 0.3 is 0 Å². The molecule has 0 unspecified atom stereocenters. The third kappa shape index (κ3) is 3.55. The molecule has 1 amide bonds. The number of benzene rings is 2. The van der Waals surface area contributed by atoms with E-state index in [1.54, 1.807) is 0 Å². The van der Waals surface area contributed by atoms with E-state index in [2.05, 4.69) is 20.9 Å². The molecule has 0 saturated heterocycles. The average Bonchev–Trinajstić information content (AvgIpc) is 3.11. The summed E-state index contributed by atoms with van der Waals surface area (Å²) in [7, 11) is 0. The lowest BCUT2D eigenvalue weighted by atomic mass is 10.0. The van der Waals surface area contributed by atoms with Crippen LogP contribution in [-0.2, 0) is 11.2 Å². The van der Waals surface area contributed by atoms with Crippen LogP contribution in [0.5, 0.6) is 0 Å². The lowest BCUT2D eigenvalue weighted by Gasteiger charge is -2.33. The lowest BCUT2D eigenvalue weighted by Crippen LogP contribution is -2.41. The Kier molecular flexibility index (Phi) is 4.85. The Bertz CT molecular complexity index is 939. The molecular formula is C20H21N5OS. The molecule has 27 heavy (non-hydrogen) atoms. The Morgan fingerprint density at radius 3 is 2.59 bits per heavy atom. The van der Waals surface area contributed by atoms with Gasteiger partial charge in [0, 0.05) is 12.1 Å². The minimum absolute atomic E-state index is 0.0579. The van der Waals surface area contributed by atoms with Crippen LogP contribution in [0.15, 0.2) is 59.8 Å². The van der Waals surface area contributed by atoms with Crippen LogP contribution in [-0.4, -0.2) is 26.0 Å². The van der Waals surface area contributed by atoms with E-state index in [0.717, 1.165) is 29.1 Å². The van der Waals surface area contributed by atoms with Crippen LogP contribution in [0.25, 0.3) is 0 Å². The van der Waals surface area contributed by atoms with Gasteiger partial charge in [-0.25, -0.2) is 4.68 Å². The number of thioether (sulfide) groups is 1. The molecular weight excluding hydrogens is 358 g/mol. The summed E-state index contributed by atoms with van der Waals surface area (Å²) in [6, 6.07) is 17.6. The standard InChI is InChI=1S/C20H21N5OS/c1-3-16-22-23-20-25(16)24-17(14-7-5-4-6-8-14)18(27-20)19(26)21-15-11-9-13(2)10-12-15/h4-12,17-18,24H,3H2,1-2H3,(H,21,26)/t17-,18+/m1/s1. The van der Waals surface area contributed by atoms with Crippen LogP contribution in [0, 0.1) is 6.92 Å². The molecule has 6 nitrogen and oxygen atoms in total. The van der Waals surface area contributed by atoms with Crippen molar-refractivity contribution in [2.45, 2.75) is 36.7 Å². The molecule has 1 aliphatic heterocycles. The number of fused-ring (bicyclic) bond motifs is 1. The third-order valence-corrected chi connectivity index (χ3v) is 5.77. The summed E-state index contributed by atoms with van der Waals surface area (Å²) in [6.45, 7) is 4.06. The predicted molar refractivity (Wildman–Crippen MR) is 107 cm³/mol. The van der Waals surface area contributed by atoms with E-state index in [1.807, 2.05) is 73.1 Å². The van der Waals surface area contributed by atoms with Gasteiger partial charge in [0.15, 0.2) is 5.82 Å². The molecule has 4 rings (SSSR count). The first-order chi connectivity index (χ1) is 13.2. The van der Waals surface area contributed by atoms with E-state index < -0.39 is 0 Å². The molecule has 2 aromatic carbocycles. The number of nitrogens with zero attached hydrogens (tertiary/aromatic N) is 3. The van der Waals surface area contributed by atoms with Gasteiger partial charge in [-0.15, -0.1) is 10.2 Å². The zero-order chi connectivity index (χ0) is 18.8. The summed E-state index contributed by atoms with van der Waals surface area (Å²) in [5, 5.41) is 11.8. The van der Waals surface area contributed by atoms with Crippen LogP contribution >= 0.6 is 11.8 Å². The maximum absolute atomic E-state index is 13.1. The molecule has 0 saturated carbocycles. The van der Waals surface area contributed by atoms with Gasteiger partial charge < -0.3 is 10.7 Å². The second kappa shape index (κ2) is 7.44. The number of hydrogen-bond acceptors (Lipinski definition) is 5. The second-order valence-corrected chi connectivity index (χ2v) is 7.61. The fraction of sp³-hybridized carbons (Fsp3) is 0.250. The van der Waals surface area contributed by atoms with Crippen molar-refractivity contribution in [2.24, 2.45) is 0 Å². The van der Waals surface area contributed by atoms with Crippen molar-refractivity contribution in [2.75, 3.05) is 10.7 Å². The summed E-state index contributed by atoms with van der Waals surface area (Å²) in [5.41, 5.74) is 6.45. The number of aryl methyl sites for hydroxylation is 2. The SMILES string of the molecule is CCc1nnc2n1N[C@H](c1ccccc1)[C@@H](C(=O)Nc1ccc(C)cc1)S2. The van der Waals surface area contributed by atoms with E-state index in [4.69, 9.17) is 0 Å². The number of amides is 1. The quantitative estimate of drug-likeness (QED) is 0.725. The second-order valence-electron chi connectivity index (χ2n) is 6.50. The predicted octanol–water partition coefficient (Wildman–Crippen LogP) is 3.55. The van der Waals surface area contributed by atoms with Crippen molar-refractivity contribution in [1.29, 1.82) is 0 Å². The van der Waals surface area contributed by atoms with Crippen molar-refractivity contribution in [3.63, 3.8) is 0 Å². The number of rotatable bonds is 4. The number of carbonyl (C=O) groups is 1. The van der Waals surface area contributed by atoms with E-state index in [1.165, 1.54) is 11.8 Å². The fourth-order valence-electron chi connectivity index (χ4n) is 3.09. The summed E-state index contributed by atoms with van der Waals surface area (Å²) in [5.74, 6) is 0.799. The van der Waals surface area contributed by atoms with Crippen LogP contribution in [0.1, 0.15) is 29.9 Å². The molecule has 3 aromatic rings. The zero-order valence-electron chi connectivity index (χ0n) is 15.2. The number of carbonyl (C=O) groups excluding carboxylic acids is 1. The van der Waals surface area contributed by atoms with Gasteiger partial charge in [0.2, 0.25) is 11.1 Å². The zero-order valence-corrected chi connectivity index (χ0v) is 16.0. The molecule has 0 spiro atoms. The monoisotopic (exact) mass is 379 g/mol. The Balaban J connectivity index is 1.65. The molecule has 1 aliphatic rings. The van der Waals surface area contributed by atoms with Gasteiger partial charge in [0.25, 0.3) is 0 Å². The number of aromatic nitrogens is 3. The molecule has 2 atom stereocenters. The molecule has 0 fully saturated rings. The maximum Gasteiger partial charge on any atom is 0.240 e. The van der Waals surface area contributed by atoms with E-state index in [9.17, 15) is 4.79 Å². The van der Waals surface area contributed by atoms with Crippen molar-refractivity contribution >= 4 is 23.4 Å². The normalized spacial score (nSPS) is 18.4. The van der Waals surface area contributed by atoms with Crippen LogP contribution in [0.2, 0.25) is 0 Å². The van der Waals surface area contributed by atoms with Crippen LogP contribution < -0.4 is 10.7 Å². The Morgan fingerprint density at radius 1 is 1.15 bits per heavy atom. The molecule has 0 radical (unpaired) electrons. The third-order valence-electron chi connectivity index (χ3n) is 4.56. The molecule has 138 valence electrons.